The number of hydrogen-bond acceptors (Lipinski definition) is 9. The molecule has 1 fully saturated rings. The molecule has 11 nitrogen and oxygen atoms in total. The summed E-state index contributed by atoms with van der Waals surface area (Å²) in [6, 6.07) is 7.32. The molecule has 0 aromatic carbocycles. The first kappa shape index (κ1) is 30.3. The molecule has 0 amide bonds. The molecular formula is C30H36FN9O2Si. The topological polar surface area (TPSA) is 131 Å². The molecule has 1 saturated heterocycles. The number of methoxy groups -OCH3 is 1. The Morgan fingerprint density at radius 3 is 2.77 bits per heavy atom. The Balaban J connectivity index is 1.35. The van der Waals surface area contributed by atoms with Crippen LogP contribution in [0.2, 0.25) is 25.7 Å². The van der Waals surface area contributed by atoms with E-state index in [1.54, 1.807) is 12.5 Å². The molecule has 0 bridgehead atoms. The Morgan fingerprint density at radius 1 is 1.19 bits per heavy atom. The summed E-state index contributed by atoms with van der Waals surface area (Å²) >= 11 is 0. The number of rotatable bonds is 12. The molecular weight excluding hydrogens is 565 g/mol. The van der Waals surface area contributed by atoms with E-state index >= 15 is 0 Å². The molecule has 0 N–H and O–H groups in total. The fraction of sp³-hybridized carbons (Fsp3) is 0.467. The highest BCUT2D eigenvalue weighted by atomic mass is 28.3. The number of ether oxygens (including phenoxy) is 2. The van der Waals surface area contributed by atoms with Crippen molar-refractivity contribution in [3.05, 3.63) is 54.1 Å². The van der Waals surface area contributed by atoms with Crippen molar-refractivity contribution < 1.29 is 13.9 Å². The van der Waals surface area contributed by atoms with Crippen molar-refractivity contribution in [2.75, 3.05) is 31.7 Å². The molecule has 13 heteroatoms. The molecule has 4 aromatic heterocycles. The Morgan fingerprint density at radius 2 is 2.02 bits per heavy atom. The lowest BCUT2D eigenvalue weighted by Crippen LogP contribution is -2.26. The molecule has 224 valence electrons. The number of halogens is 1. The molecule has 0 radical (unpaired) electrons. The third kappa shape index (κ3) is 6.59. The molecule has 1 aliphatic rings. The fourth-order valence-corrected chi connectivity index (χ4v) is 6.30. The number of aromatic nitrogens is 6. The summed E-state index contributed by atoms with van der Waals surface area (Å²) in [5.41, 5.74) is 2.77. The Labute approximate surface area is 251 Å². The van der Waals surface area contributed by atoms with Gasteiger partial charge in [0.15, 0.2) is 0 Å². The van der Waals surface area contributed by atoms with E-state index in [-0.39, 0.29) is 36.1 Å². The van der Waals surface area contributed by atoms with Crippen molar-refractivity contribution in [2.45, 2.75) is 57.9 Å². The molecule has 1 unspecified atom stereocenters. The van der Waals surface area contributed by atoms with Gasteiger partial charge in [0.2, 0.25) is 0 Å². The first-order valence-electron chi connectivity index (χ1n) is 14.3. The molecule has 0 spiro atoms. The van der Waals surface area contributed by atoms with Crippen molar-refractivity contribution in [1.29, 1.82) is 10.5 Å². The van der Waals surface area contributed by atoms with Crippen molar-refractivity contribution in [2.24, 2.45) is 5.92 Å². The average molecular weight is 602 g/mol. The van der Waals surface area contributed by atoms with Crippen molar-refractivity contribution in [3.8, 4) is 23.4 Å². The molecule has 0 aliphatic carbocycles. The van der Waals surface area contributed by atoms with Crippen molar-refractivity contribution in [1.82, 2.24) is 29.3 Å². The molecule has 5 heterocycles. The van der Waals surface area contributed by atoms with Gasteiger partial charge in [-0.1, -0.05) is 19.6 Å². The molecule has 2 atom stereocenters. The first-order valence-corrected chi connectivity index (χ1v) is 18.0. The molecule has 43 heavy (non-hydrogen) atoms. The monoisotopic (exact) mass is 601 g/mol. The molecule has 1 aliphatic heterocycles. The van der Waals surface area contributed by atoms with Gasteiger partial charge in [-0.3, -0.25) is 4.68 Å². The lowest BCUT2D eigenvalue weighted by Gasteiger charge is -2.24. The highest BCUT2D eigenvalue weighted by molar-refractivity contribution is 6.76. The highest BCUT2D eigenvalue weighted by Crippen LogP contribution is 2.35. The molecule has 5 rings (SSSR count). The van der Waals surface area contributed by atoms with Crippen LogP contribution < -0.4 is 4.90 Å². The summed E-state index contributed by atoms with van der Waals surface area (Å²) in [7, 11) is 0.294. The van der Waals surface area contributed by atoms with Crippen LogP contribution in [0.4, 0.5) is 10.2 Å². The summed E-state index contributed by atoms with van der Waals surface area (Å²) < 4.78 is 29.3. The highest BCUT2D eigenvalue weighted by Gasteiger charge is 2.33. The van der Waals surface area contributed by atoms with Gasteiger partial charge in [-0.2, -0.15) is 15.6 Å². The predicted octanol–water partition coefficient (Wildman–Crippen LogP) is 5.14. The fourth-order valence-electron chi connectivity index (χ4n) is 5.54. The third-order valence-electron chi connectivity index (χ3n) is 7.88. The van der Waals surface area contributed by atoms with E-state index in [1.807, 2.05) is 32.6 Å². The number of nitrogens with zero attached hydrogens (tertiary/aromatic N) is 9. The number of nitriles is 2. The zero-order chi connectivity index (χ0) is 30.6. The average Bonchev–Trinajstić information content (AvgIpc) is 3.75. The third-order valence-corrected chi connectivity index (χ3v) is 9.58. The minimum atomic E-state index is -1.17. The van der Waals surface area contributed by atoms with E-state index in [1.165, 1.54) is 7.11 Å². The molecule has 0 saturated carbocycles. The summed E-state index contributed by atoms with van der Waals surface area (Å²) in [4.78, 5) is 15.3. The van der Waals surface area contributed by atoms with Crippen molar-refractivity contribution in [3.63, 3.8) is 0 Å². The van der Waals surface area contributed by atoms with Crippen LogP contribution in [0.5, 0.6) is 0 Å². The van der Waals surface area contributed by atoms with Gasteiger partial charge >= 0.3 is 0 Å². The smallest absolute Gasteiger partial charge is 0.148 e. The van der Waals surface area contributed by atoms with Gasteiger partial charge in [-0.15, -0.1) is 0 Å². The minimum absolute atomic E-state index is 0.0139. The van der Waals surface area contributed by atoms with Gasteiger partial charge in [-0.05, 0) is 18.5 Å². The predicted molar refractivity (Wildman–Crippen MR) is 162 cm³/mol. The Bertz CT molecular complexity index is 1670. The Kier molecular flexibility index (Phi) is 9.16. The second-order valence-electron chi connectivity index (χ2n) is 12.1. The number of fused-ring (bicyclic) bond motifs is 1. The van der Waals surface area contributed by atoms with Gasteiger partial charge in [0.1, 0.15) is 42.0 Å². The minimum Gasteiger partial charge on any atom is -0.380 e. The van der Waals surface area contributed by atoms with Gasteiger partial charge in [0.25, 0.3) is 0 Å². The number of anilines is 1. The van der Waals surface area contributed by atoms with Gasteiger partial charge in [0, 0.05) is 69.7 Å². The van der Waals surface area contributed by atoms with E-state index in [9.17, 15) is 14.9 Å². The zero-order valence-corrected chi connectivity index (χ0v) is 26.0. The molecule has 4 aromatic rings. The van der Waals surface area contributed by atoms with E-state index in [0.29, 0.717) is 25.6 Å². The first-order chi connectivity index (χ1) is 20.7. The second kappa shape index (κ2) is 13.0. The van der Waals surface area contributed by atoms with E-state index in [2.05, 4.69) is 51.8 Å². The van der Waals surface area contributed by atoms with E-state index in [0.717, 1.165) is 47.6 Å². The number of pyridine rings is 1. The SMILES string of the molecule is COCc1c(F)cnc(N2CCC([C@H](CC#N)n3cc(-c4ncnc5c4ccn5COCC[Si](C)(C)C)cn3)C2)c1C#N. The summed E-state index contributed by atoms with van der Waals surface area (Å²) in [5.74, 6) is -0.0581. The van der Waals surface area contributed by atoms with Crippen LogP contribution in [0.25, 0.3) is 22.3 Å². The maximum absolute atomic E-state index is 14.4. The van der Waals surface area contributed by atoms with E-state index < -0.39 is 13.9 Å². The normalized spacial score (nSPS) is 16.0. The largest absolute Gasteiger partial charge is 0.380 e. The number of hydrogen-bond donors (Lipinski definition) is 0. The van der Waals surface area contributed by atoms with Crippen LogP contribution in [-0.2, 0) is 22.8 Å². The van der Waals surface area contributed by atoms with Crippen LogP contribution in [0.3, 0.4) is 0 Å². The lowest BCUT2D eigenvalue weighted by atomic mass is 9.96. The maximum atomic E-state index is 14.4. The zero-order valence-electron chi connectivity index (χ0n) is 25.0. The quantitative estimate of drug-likeness (QED) is 0.160. The second-order valence-corrected chi connectivity index (χ2v) is 17.7. The maximum Gasteiger partial charge on any atom is 0.148 e. The van der Waals surface area contributed by atoms with Gasteiger partial charge in [-0.25, -0.2) is 19.3 Å². The van der Waals surface area contributed by atoms with Crippen LogP contribution in [-0.4, -0.2) is 64.2 Å². The van der Waals surface area contributed by atoms with Crippen molar-refractivity contribution >= 4 is 24.9 Å². The summed E-state index contributed by atoms with van der Waals surface area (Å²) in [6.07, 6.45) is 9.39. The van der Waals surface area contributed by atoms with Crippen LogP contribution in [0.1, 0.15) is 30.0 Å². The van der Waals surface area contributed by atoms with E-state index in [4.69, 9.17) is 9.47 Å². The van der Waals surface area contributed by atoms with Crippen LogP contribution >= 0.6 is 0 Å². The van der Waals surface area contributed by atoms with Gasteiger partial charge in [0.05, 0.1) is 43.2 Å². The lowest BCUT2D eigenvalue weighted by molar-refractivity contribution is 0.0899. The summed E-state index contributed by atoms with van der Waals surface area (Å²) in [5, 5.41) is 25.1. The Hall–Kier alpha value is -4.17. The standard InChI is InChI=1S/C30H36FN9O2Si/c1-41-18-25-24(13-33)30(34-15-26(25)31)38-9-6-21(16-38)27(5-8-32)40-17-22(14-37-40)28-23-7-10-39(29(23)36-19-35-28)20-42-11-12-43(2,3)4/h7,10,14-15,17,19,21,27H,5-6,9,11-12,16,18,20H2,1-4H3/t21?,27-/m0/s1. The summed E-state index contributed by atoms with van der Waals surface area (Å²) in [6.45, 7) is 9.31. The van der Waals surface area contributed by atoms with Crippen LogP contribution in [0.15, 0.2) is 37.2 Å². The van der Waals surface area contributed by atoms with Crippen LogP contribution in [0, 0.1) is 34.4 Å². The van der Waals surface area contributed by atoms with Gasteiger partial charge < -0.3 is 18.9 Å².